The zero-order valence-corrected chi connectivity index (χ0v) is 14.4. The number of hydrogen-bond acceptors (Lipinski definition) is 4. The van der Waals surface area contributed by atoms with E-state index in [1.165, 1.54) is 0 Å². The van der Waals surface area contributed by atoms with Crippen molar-refractivity contribution in [2.24, 2.45) is 5.92 Å². The Hall–Kier alpha value is -2.05. The van der Waals surface area contributed by atoms with Crippen LogP contribution >= 0.6 is 0 Å². The lowest BCUT2D eigenvalue weighted by Crippen LogP contribution is -2.41. The van der Waals surface area contributed by atoms with Crippen LogP contribution < -0.4 is 5.32 Å². The summed E-state index contributed by atoms with van der Waals surface area (Å²) < 4.78 is 5.77. The zero-order chi connectivity index (χ0) is 17.2. The van der Waals surface area contributed by atoms with Gasteiger partial charge in [-0.25, -0.2) is 4.79 Å². The van der Waals surface area contributed by atoms with Crippen molar-refractivity contribution in [2.75, 3.05) is 39.3 Å². The van der Waals surface area contributed by atoms with Gasteiger partial charge in [0.1, 0.15) is 17.4 Å². The number of carbonyl (C=O) groups excluding carboxylic acids is 1. The van der Waals surface area contributed by atoms with Gasteiger partial charge in [0.15, 0.2) is 0 Å². The van der Waals surface area contributed by atoms with Gasteiger partial charge in [-0.05, 0) is 44.0 Å². The summed E-state index contributed by atoms with van der Waals surface area (Å²) in [6, 6.07) is 9.83. The molecular weight excluding hydrogens is 318 g/mol. The molecule has 25 heavy (non-hydrogen) atoms. The average Bonchev–Trinajstić information content (AvgIpc) is 3.23. The third-order valence-corrected chi connectivity index (χ3v) is 5.34. The van der Waals surface area contributed by atoms with Crippen LogP contribution in [0, 0.1) is 5.92 Å². The summed E-state index contributed by atoms with van der Waals surface area (Å²) in [7, 11) is 0. The van der Waals surface area contributed by atoms with Crippen molar-refractivity contribution in [1.29, 1.82) is 0 Å². The molecule has 0 bridgehead atoms. The molecule has 1 aromatic heterocycles. The number of nitrogens with one attached hydrogen (secondary N) is 1. The molecule has 2 saturated heterocycles. The van der Waals surface area contributed by atoms with Crippen molar-refractivity contribution in [3.05, 3.63) is 36.1 Å². The smallest absolute Gasteiger partial charge is 0.317 e. The Labute approximate surface area is 147 Å². The Morgan fingerprint density at radius 3 is 2.76 bits per heavy atom. The number of urea groups is 1. The van der Waals surface area contributed by atoms with E-state index in [0.29, 0.717) is 18.2 Å². The van der Waals surface area contributed by atoms with Gasteiger partial charge in [0.2, 0.25) is 0 Å². The molecule has 6 nitrogen and oxygen atoms in total. The van der Waals surface area contributed by atoms with Gasteiger partial charge < -0.3 is 24.6 Å². The second-order valence-electron chi connectivity index (χ2n) is 7.12. The molecule has 0 spiro atoms. The number of furan rings is 1. The number of aliphatic hydroxyl groups excluding tert-OH is 1. The highest BCUT2D eigenvalue weighted by Crippen LogP contribution is 2.26. The molecule has 0 radical (unpaired) electrons. The molecule has 2 aliphatic rings. The lowest BCUT2D eigenvalue weighted by Gasteiger charge is -2.34. The molecule has 0 saturated carbocycles. The topological polar surface area (TPSA) is 69.0 Å². The highest BCUT2D eigenvalue weighted by molar-refractivity contribution is 5.77. The predicted octanol–water partition coefficient (Wildman–Crippen LogP) is 2.20. The molecule has 3 heterocycles. The SMILES string of the molecule is O=C1NCCN1CC1CCN(CC(O)c2cc3ccccc3o2)CC1. The van der Waals surface area contributed by atoms with Crippen LogP contribution in [0.2, 0.25) is 0 Å². The van der Waals surface area contributed by atoms with E-state index in [9.17, 15) is 9.90 Å². The zero-order valence-electron chi connectivity index (χ0n) is 14.4. The Kier molecular flexibility index (Phi) is 4.63. The number of amides is 2. The second-order valence-corrected chi connectivity index (χ2v) is 7.12. The van der Waals surface area contributed by atoms with Crippen molar-refractivity contribution in [3.8, 4) is 0 Å². The number of benzene rings is 1. The van der Waals surface area contributed by atoms with E-state index in [1.807, 2.05) is 35.2 Å². The number of rotatable bonds is 5. The highest BCUT2D eigenvalue weighted by atomic mass is 16.4. The molecular formula is C19H25N3O3. The van der Waals surface area contributed by atoms with Crippen molar-refractivity contribution < 1.29 is 14.3 Å². The molecule has 2 aliphatic heterocycles. The van der Waals surface area contributed by atoms with Gasteiger partial charge in [-0.2, -0.15) is 0 Å². The van der Waals surface area contributed by atoms with Gasteiger partial charge in [0.05, 0.1) is 0 Å². The van der Waals surface area contributed by atoms with Crippen LogP contribution in [0.25, 0.3) is 11.0 Å². The van der Waals surface area contributed by atoms with E-state index in [2.05, 4.69) is 10.2 Å². The van der Waals surface area contributed by atoms with E-state index in [1.54, 1.807) is 0 Å². The van der Waals surface area contributed by atoms with Crippen LogP contribution in [0.4, 0.5) is 4.79 Å². The summed E-state index contributed by atoms with van der Waals surface area (Å²) in [5, 5.41) is 14.4. The fraction of sp³-hybridized carbons (Fsp3) is 0.526. The van der Waals surface area contributed by atoms with E-state index >= 15 is 0 Å². The highest BCUT2D eigenvalue weighted by Gasteiger charge is 2.27. The molecule has 2 amide bonds. The maximum atomic E-state index is 11.6. The van der Waals surface area contributed by atoms with Crippen LogP contribution in [-0.2, 0) is 0 Å². The maximum absolute atomic E-state index is 11.6. The van der Waals surface area contributed by atoms with Crippen molar-refractivity contribution in [2.45, 2.75) is 18.9 Å². The minimum Gasteiger partial charge on any atom is -0.458 e. The first-order valence-electron chi connectivity index (χ1n) is 9.11. The van der Waals surface area contributed by atoms with Crippen molar-refractivity contribution in [1.82, 2.24) is 15.1 Å². The maximum Gasteiger partial charge on any atom is 0.317 e. The molecule has 0 aliphatic carbocycles. The molecule has 1 atom stereocenters. The van der Waals surface area contributed by atoms with E-state index in [-0.39, 0.29) is 6.03 Å². The van der Waals surface area contributed by atoms with Crippen LogP contribution in [-0.4, -0.2) is 60.2 Å². The van der Waals surface area contributed by atoms with Gasteiger partial charge in [-0.1, -0.05) is 18.2 Å². The molecule has 134 valence electrons. The number of nitrogens with zero attached hydrogens (tertiary/aromatic N) is 2. The molecule has 2 N–H and O–H groups in total. The summed E-state index contributed by atoms with van der Waals surface area (Å²) in [6.45, 7) is 4.95. The Bertz CT molecular complexity index is 703. The quantitative estimate of drug-likeness (QED) is 0.873. The Balaban J connectivity index is 1.28. The molecule has 2 fully saturated rings. The summed E-state index contributed by atoms with van der Waals surface area (Å²) >= 11 is 0. The van der Waals surface area contributed by atoms with Gasteiger partial charge >= 0.3 is 6.03 Å². The second kappa shape index (κ2) is 7.06. The number of piperidine rings is 1. The molecule has 2 aromatic rings. The number of carbonyl (C=O) groups is 1. The van der Waals surface area contributed by atoms with Crippen LogP contribution in [0.5, 0.6) is 0 Å². The van der Waals surface area contributed by atoms with Crippen LogP contribution in [0.1, 0.15) is 24.7 Å². The minimum atomic E-state index is -0.603. The summed E-state index contributed by atoms with van der Waals surface area (Å²) in [5.74, 6) is 1.19. The number of hydrogen-bond donors (Lipinski definition) is 2. The monoisotopic (exact) mass is 343 g/mol. The largest absolute Gasteiger partial charge is 0.458 e. The first-order valence-corrected chi connectivity index (χ1v) is 9.11. The van der Waals surface area contributed by atoms with Crippen LogP contribution in [0.15, 0.2) is 34.7 Å². The number of fused-ring (bicyclic) bond motifs is 1. The number of β-amino-alcohol motifs (C(OH)–C–C–N with tert-alkyl or cyclic N) is 1. The van der Waals surface area contributed by atoms with Crippen molar-refractivity contribution >= 4 is 17.0 Å². The van der Waals surface area contributed by atoms with Crippen molar-refractivity contribution in [3.63, 3.8) is 0 Å². The third kappa shape index (κ3) is 3.65. The van der Waals surface area contributed by atoms with E-state index < -0.39 is 6.10 Å². The normalized spacial score (nSPS) is 21.0. The van der Waals surface area contributed by atoms with E-state index in [4.69, 9.17) is 4.42 Å². The van der Waals surface area contributed by atoms with Gasteiger partial charge in [-0.15, -0.1) is 0 Å². The van der Waals surface area contributed by atoms with Gasteiger partial charge in [0.25, 0.3) is 0 Å². The lowest BCUT2D eigenvalue weighted by atomic mass is 9.96. The Morgan fingerprint density at radius 2 is 2.04 bits per heavy atom. The minimum absolute atomic E-state index is 0.0720. The molecule has 1 unspecified atom stereocenters. The fourth-order valence-corrected chi connectivity index (χ4v) is 3.85. The fourth-order valence-electron chi connectivity index (χ4n) is 3.85. The van der Waals surface area contributed by atoms with Gasteiger partial charge in [0, 0.05) is 31.6 Å². The third-order valence-electron chi connectivity index (χ3n) is 5.34. The average molecular weight is 343 g/mol. The van der Waals surface area contributed by atoms with Crippen LogP contribution in [0.3, 0.4) is 0 Å². The number of para-hydroxylation sites is 1. The first-order chi connectivity index (χ1) is 12.2. The number of likely N-dealkylation sites (tertiary alicyclic amines) is 1. The molecule has 1 aromatic carbocycles. The van der Waals surface area contributed by atoms with E-state index in [0.717, 1.165) is 56.5 Å². The first kappa shape index (κ1) is 16.4. The summed E-state index contributed by atoms with van der Waals surface area (Å²) in [4.78, 5) is 15.9. The summed E-state index contributed by atoms with van der Waals surface area (Å²) in [5.41, 5.74) is 0.819. The molecule has 4 rings (SSSR count). The number of aliphatic hydroxyl groups is 1. The summed E-state index contributed by atoms with van der Waals surface area (Å²) in [6.07, 6.45) is 1.53. The Morgan fingerprint density at radius 1 is 1.24 bits per heavy atom. The van der Waals surface area contributed by atoms with Gasteiger partial charge in [-0.3, -0.25) is 0 Å². The lowest BCUT2D eigenvalue weighted by molar-refractivity contribution is 0.0728. The standard InChI is InChI=1S/C19H25N3O3/c23-16(18-11-15-3-1-2-4-17(15)25-18)13-21-8-5-14(6-9-21)12-22-10-7-20-19(22)24/h1-4,11,14,16,23H,5-10,12-13H2,(H,20,24). The molecule has 6 heteroatoms. The predicted molar refractivity (Wildman–Crippen MR) is 95.3 cm³/mol.